The highest BCUT2D eigenvalue weighted by Crippen LogP contribution is 2.28. The molecule has 0 bridgehead atoms. The van der Waals surface area contributed by atoms with E-state index in [9.17, 15) is 13.2 Å². The van der Waals surface area contributed by atoms with Gasteiger partial charge in [0.15, 0.2) is 0 Å². The summed E-state index contributed by atoms with van der Waals surface area (Å²) in [7, 11) is 0. The number of benzene rings is 1. The first-order chi connectivity index (χ1) is 7.04. The fourth-order valence-electron chi connectivity index (χ4n) is 1.25. The van der Waals surface area contributed by atoms with Crippen LogP contribution in [0.25, 0.3) is 0 Å². The van der Waals surface area contributed by atoms with Gasteiger partial charge in [0.25, 0.3) is 0 Å². The van der Waals surface area contributed by atoms with E-state index in [1.54, 1.807) is 30.3 Å². The van der Waals surface area contributed by atoms with E-state index in [2.05, 4.69) is 0 Å². The van der Waals surface area contributed by atoms with E-state index in [0.717, 1.165) is 6.08 Å². The van der Waals surface area contributed by atoms with Gasteiger partial charge in [-0.1, -0.05) is 36.4 Å². The van der Waals surface area contributed by atoms with Gasteiger partial charge in [0.05, 0.1) is 0 Å². The molecule has 0 heterocycles. The van der Waals surface area contributed by atoms with Gasteiger partial charge < -0.3 is 5.73 Å². The summed E-state index contributed by atoms with van der Waals surface area (Å²) < 4.78 is 37.4. The van der Waals surface area contributed by atoms with E-state index < -0.39 is 11.7 Å². The average molecular weight is 215 g/mol. The van der Waals surface area contributed by atoms with E-state index in [4.69, 9.17) is 5.73 Å². The molecule has 82 valence electrons. The van der Waals surface area contributed by atoms with Crippen LogP contribution in [0.5, 0.6) is 0 Å². The maximum Gasteiger partial charge on any atom is 0.412 e. The summed E-state index contributed by atoms with van der Waals surface area (Å²) >= 11 is 0. The van der Waals surface area contributed by atoms with Gasteiger partial charge in [-0.25, -0.2) is 0 Å². The van der Waals surface area contributed by atoms with Crippen LogP contribution in [0.4, 0.5) is 13.2 Å². The van der Waals surface area contributed by atoms with Crippen LogP contribution >= 0.6 is 0 Å². The third-order valence-electron chi connectivity index (χ3n) is 1.97. The van der Waals surface area contributed by atoms with Gasteiger partial charge in [0, 0.05) is 18.5 Å². The Hall–Kier alpha value is -1.29. The van der Waals surface area contributed by atoms with Crippen molar-refractivity contribution in [1.82, 2.24) is 0 Å². The summed E-state index contributed by atoms with van der Waals surface area (Å²) in [5.41, 5.74) is 5.15. The molecule has 0 fully saturated rings. The standard InChI is InChI=1S/C11H12F3N/c12-11(13,14)10(6-7-15)8-9-4-2-1-3-5-9/h1-6H,7-8,15H2/b10-6-. The van der Waals surface area contributed by atoms with E-state index in [1.807, 2.05) is 0 Å². The van der Waals surface area contributed by atoms with Gasteiger partial charge >= 0.3 is 6.18 Å². The van der Waals surface area contributed by atoms with E-state index >= 15 is 0 Å². The minimum Gasteiger partial charge on any atom is -0.327 e. The lowest BCUT2D eigenvalue weighted by molar-refractivity contribution is -0.0933. The molecule has 4 heteroatoms. The van der Waals surface area contributed by atoms with E-state index in [1.165, 1.54) is 0 Å². The number of hydrogen-bond donors (Lipinski definition) is 1. The molecule has 0 aliphatic carbocycles. The molecule has 0 atom stereocenters. The van der Waals surface area contributed by atoms with Crippen molar-refractivity contribution < 1.29 is 13.2 Å². The molecule has 0 unspecified atom stereocenters. The summed E-state index contributed by atoms with van der Waals surface area (Å²) in [4.78, 5) is 0. The Labute approximate surface area is 86.4 Å². The lowest BCUT2D eigenvalue weighted by atomic mass is 10.0. The fourth-order valence-corrected chi connectivity index (χ4v) is 1.25. The Balaban J connectivity index is 2.82. The average Bonchev–Trinajstić information content (AvgIpc) is 2.17. The van der Waals surface area contributed by atoms with Crippen LogP contribution in [0, 0.1) is 0 Å². The molecular formula is C11H12F3N. The largest absolute Gasteiger partial charge is 0.412 e. The lowest BCUT2D eigenvalue weighted by Gasteiger charge is -2.11. The Morgan fingerprint density at radius 1 is 1.20 bits per heavy atom. The third-order valence-corrected chi connectivity index (χ3v) is 1.97. The molecule has 2 N–H and O–H groups in total. The zero-order valence-electron chi connectivity index (χ0n) is 8.09. The monoisotopic (exact) mass is 215 g/mol. The Morgan fingerprint density at radius 2 is 1.80 bits per heavy atom. The van der Waals surface area contributed by atoms with Crippen molar-refractivity contribution >= 4 is 0 Å². The maximum absolute atomic E-state index is 12.5. The van der Waals surface area contributed by atoms with Crippen LogP contribution in [0.15, 0.2) is 42.0 Å². The van der Waals surface area contributed by atoms with Crippen molar-refractivity contribution in [3.63, 3.8) is 0 Å². The van der Waals surface area contributed by atoms with Gasteiger partial charge in [0.1, 0.15) is 0 Å². The molecule has 0 spiro atoms. The molecule has 0 radical (unpaired) electrons. The van der Waals surface area contributed by atoms with Crippen LogP contribution in [0.3, 0.4) is 0 Å². The number of allylic oxidation sites excluding steroid dienone is 1. The summed E-state index contributed by atoms with van der Waals surface area (Å²) in [6.07, 6.45) is -3.40. The number of rotatable bonds is 3. The topological polar surface area (TPSA) is 26.0 Å². The van der Waals surface area contributed by atoms with Crippen LogP contribution in [0.2, 0.25) is 0 Å². The Kier molecular flexibility index (Phi) is 3.91. The highest BCUT2D eigenvalue weighted by atomic mass is 19.4. The predicted octanol–water partition coefficient (Wildman–Crippen LogP) is 2.68. The minimum atomic E-state index is -4.30. The van der Waals surface area contributed by atoms with Gasteiger partial charge in [-0.2, -0.15) is 13.2 Å². The Bertz CT molecular complexity index is 327. The maximum atomic E-state index is 12.5. The molecule has 1 aromatic carbocycles. The van der Waals surface area contributed by atoms with Gasteiger partial charge in [-0.05, 0) is 5.56 Å². The van der Waals surface area contributed by atoms with Crippen molar-refractivity contribution in [2.24, 2.45) is 5.73 Å². The zero-order chi connectivity index (χ0) is 11.3. The molecular weight excluding hydrogens is 203 g/mol. The lowest BCUT2D eigenvalue weighted by Crippen LogP contribution is -2.15. The smallest absolute Gasteiger partial charge is 0.327 e. The number of alkyl halides is 3. The first-order valence-electron chi connectivity index (χ1n) is 4.54. The normalized spacial score (nSPS) is 12.9. The van der Waals surface area contributed by atoms with Crippen LogP contribution in [-0.2, 0) is 6.42 Å². The van der Waals surface area contributed by atoms with Crippen molar-refractivity contribution in [2.45, 2.75) is 12.6 Å². The number of hydrogen-bond acceptors (Lipinski definition) is 1. The van der Waals surface area contributed by atoms with Crippen molar-refractivity contribution in [3.05, 3.63) is 47.5 Å². The first-order valence-corrected chi connectivity index (χ1v) is 4.54. The summed E-state index contributed by atoms with van der Waals surface area (Å²) in [6.45, 7) is -0.0956. The first kappa shape index (κ1) is 11.8. The van der Waals surface area contributed by atoms with Gasteiger partial charge in [0.2, 0.25) is 0 Å². The fraction of sp³-hybridized carbons (Fsp3) is 0.273. The van der Waals surface area contributed by atoms with Crippen LogP contribution in [0.1, 0.15) is 5.56 Å². The number of nitrogens with two attached hydrogens (primary N) is 1. The van der Waals surface area contributed by atoms with Crippen LogP contribution < -0.4 is 5.73 Å². The minimum absolute atomic E-state index is 0.0956. The molecule has 1 nitrogen and oxygen atoms in total. The summed E-state index contributed by atoms with van der Waals surface area (Å²) in [5, 5.41) is 0. The second-order valence-corrected chi connectivity index (χ2v) is 3.13. The quantitative estimate of drug-likeness (QED) is 0.771. The molecule has 0 saturated carbocycles. The molecule has 15 heavy (non-hydrogen) atoms. The second kappa shape index (κ2) is 4.98. The third kappa shape index (κ3) is 3.75. The molecule has 0 aliphatic rings. The van der Waals surface area contributed by atoms with Crippen molar-refractivity contribution in [1.29, 1.82) is 0 Å². The molecule has 0 aromatic heterocycles. The SMILES string of the molecule is NC/C=C(/Cc1ccccc1)C(F)(F)F. The van der Waals surface area contributed by atoms with Gasteiger partial charge in [-0.3, -0.25) is 0 Å². The van der Waals surface area contributed by atoms with E-state index in [-0.39, 0.29) is 13.0 Å². The predicted molar refractivity (Wildman–Crippen MR) is 53.3 cm³/mol. The van der Waals surface area contributed by atoms with Crippen molar-refractivity contribution in [3.8, 4) is 0 Å². The molecule has 0 amide bonds. The Morgan fingerprint density at radius 3 is 2.27 bits per heavy atom. The molecule has 0 saturated heterocycles. The summed E-state index contributed by atoms with van der Waals surface area (Å²) in [6, 6.07) is 8.52. The molecule has 1 rings (SSSR count). The zero-order valence-corrected chi connectivity index (χ0v) is 8.09. The molecule has 1 aromatic rings. The summed E-state index contributed by atoms with van der Waals surface area (Å²) in [5.74, 6) is 0. The van der Waals surface area contributed by atoms with E-state index in [0.29, 0.717) is 5.56 Å². The highest BCUT2D eigenvalue weighted by Gasteiger charge is 2.32. The second-order valence-electron chi connectivity index (χ2n) is 3.13. The van der Waals surface area contributed by atoms with Gasteiger partial charge in [-0.15, -0.1) is 0 Å². The van der Waals surface area contributed by atoms with Crippen molar-refractivity contribution in [2.75, 3.05) is 6.54 Å². The van der Waals surface area contributed by atoms with Crippen LogP contribution in [-0.4, -0.2) is 12.7 Å². The number of halogens is 3. The molecule has 0 aliphatic heterocycles. The highest BCUT2D eigenvalue weighted by molar-refractivity contribution is 5.24.